The lowest BCUT2D eigenvalue weighted by molar-refractivity contribution is 0.103. The van der Waals surface area contributed by atoms with Crippen LogP contribution in [0.3, 0.4) is 0 Å². The number of rotatable bonds is 2. The molecule has 2 aromatic rings. The molecule has 0 saturated heterocycles. The third kappa shape index (κ3) is 1.94. The molecule has 2 heteroatoms. The van der Waals surface area contributed by atoms with Gasteiger partial charge in [-0.3, -0.25) is 9.78 Å². The maximum Gasteiger partial charge on any atom is 0.193 e. The molecule has 0 bridgehead atoms. The van der Waals surface area contributed by atoms with E-state index < -0.39 is 0 Å². The molecule has 2 nitrogen and oxygen atoms in total. The maximum absolute atomic E-state index is 12.0. The molecule has 0 unspecified atom stereocenters. The van der Waals surface area contributed by atoms with E-state index in [1.807, 2.05) is 37.3 Å². The molecule has 2 rings (SSSR count). The molecular weight excluding hydrogens is 186 g/mol. The van der Waals surface area contributed by atoms with E-state index in [0.29, 0.717) is 5.56 Å². The molecule has 0 radical (unpaired) electrons. The molecule has 1 aromatic carbocycles. The fraction of sp³-hybridized carbons (Fsp3) is 0.0769. The van der Waals surface area contributed by atoms with Gasteiger partial charge >= 0.3 is 0 Å². The molecule has 0 amide bonds. The molecule has 0 N–H and O–H groups in total. The number of nitrogens with zero attached hydrogens (tertiary/aromatic N) is 1. The van der Waals surface area contributed by atoms with Gasteiger partial charge in [0.25, 0.3) is 0 Å². The van der Waals surface area contributed by atoms with E-state index in [2.05, 4.69) is 4.98 Å². The van der Waals surface area contributed by atoms with Crippen molar-refractivity contribution in [2.45, 2.75) is 6.92 Å². The van der Waals surface area contributed by atoms with Gasteiger partial charge in [0.1, 0.15) is 0 Å². The fourth-order valence-electron chi connectivity index (χ4n) is 1.47. The predicted octanol–water partition coefficient (Wildman–Crippen LogP) is 2.62. The van der Waals surface area contributed by atoms with Gasteiger partial charge in [-0.25, -0.2) is 0 Å². The van der Waals surface area contributed by atoms with Crippen LogP contribution in [-0.2, 0) is 0 Å². The first-order valence-corrected chi connectivity index (χ1v) is 4.79. The normalized spacial score (nSPS) is 9.93. The predicted molar refractivity (Wildman–Crippen MR) is 58.8 cm³/mol. The summed E-state index contributed by atoms with van der Waals surface area (Å²) in [6.45, 7) is 1.89. The summed E-state index contributed by atoms with van der Waals surface area (Å²) in [6.07, 6.45) is 3.35. The molecule has 1 heterocycles. The van der Waals surface area contributed by atoms with Crippen molar-refractivity contribution in [3.63, 3.8) is 0 Å². The summed E-state index contributed by atoms with van der Waals surface area (Å²) >= 11 is 0. The van der Waals surface area contributed by atoms with Gasteiger partial charge in [-0.1, -0.05) is 30.3 Å². The Morgan fingerprint density at radius 1 is 1.13 bits per heavy atom. The summed E-state index contributed by atoms with van der Waals surface area (Å²) in [7, 11) is 0. The van der Waals surface area contributed by atoms with E-state index in [9.17, 15) is 4.79 Å². The summed E-state index contributed by atoms with van der Waals surface area (Å²) in [4.78, 5) is 16.0. The summed E-state index contributed by atoms with van der Waals surface area (Å²) in [5, 5.41) is 0. The molecule has 15 heavy (non-hydrogen) atoms. The van der Waals surface area contributed by atoms with Crippen molar-refractivity contribution in [2.24, 2.45) is 0 Å². The molecule has 0 aliphatic heterocycles. The van der Waals surface area contributed by atoms with Gasteiger partial charge in [0.05, 0.1) is 0 Å². The molecule has 0 aliphatic carbocycles. The molecule has 1 aromatic heterocycles. The van der Waals surface area contributed by atoms with Crippen LogP contribution in [0.4, 0.5) is 0 Å². The zero-order valence-corrected chi connectivity index (χ0v) is 8.47. The van der Waals surface area contributed by atoms with Crippen molar-refractivity contribution in [1.29, 1.82) is 0 Å². The van der Waals surface area contributed by atoms with Crippen LogP contribution < -0.4 is 0 Å². The molecular formula is C13H11NO. The smallest absolute Gasteiger partial charge is 0.193 e. The number of pyridine rings is 1. The Labute approximate surface area is 88.6 Å². The van der Waals surface area contributed by atoms with Crippen molar-refractivity contribution in [3.8, 4) is 0 Å². The van der Waals surface area contributed by atoms with Crippen LogP contribution in [0, 0.1) is 6.92 Å². The lowest BCUT2D eigenvalue weighted by Crippen LogP contribution is -2.03. The minimum absolute atomic E-state index is 0.0514. The Kier molecular flexibility index (Phi) is 2.59. The first-order valence-electron chi connectivity index (χ1n) is 4.79. The Morgan fingerprint density at radius 3 is 2.53 bits per heavy atom. The van der Waals surface area contributed by atoms with Gasteiger partial charge < -0.3 is 0 Å². The lowest BCUT2D eigenvalue weighted by atomic mass is 10.0. The topological polar surface area (TPSA) is 30.0 Å². The van der Waals surface area contributed by atoms with E-state index >= 15 is 0 Å². The highest BCUT2D eigenvalue weighted by molar-refractivity contribution is 6.09. The molecule has 74 valence electrons. The van der Waals surface area contributed by atoms with Gasteiger partial charge in [-0.15, -0.1) is 0 Å². The van der Waals surface area contributed by atoms with Gasteiger partial charge in [0.15, 0.2) is 5.78 Å². The lowest BCUT2D eigenvalue weighted by Gasteiger charge is -2.03. The van der Waals surface area contributed by atoms with E-state index in [4.69, 9.17) is 0 Å². The van der Waals surface area contributed by atoms with Crippen LogP contribution in [0.5, 0.6) is 0 Å². The van der Waals surface area contributed by atoms with Crippen molar-refractivity contribution >= 4 is 5.78 Å². The van der Waals surface area contributed by atoms with Crippen LogP contribution in [-0.4, -0.2) is 10.8 Å². The minimum atomic E-state index is 0.0514. The number of aromatic nitrogens is 1. The molecule has 0 atom stereocenters. The summed E-state index contributed by atoms with van der Waals surface area (Å²) < 4.78 is 0. The van der Waals surface area contributed by atoms with Gasteiger partial charge in [0, 0.05) is 23.5 Å². The number of benzene rings is 1. The Balaban J connectivity index is 2.42. The quantitative estimate of drug-likeness (QED) is 0.693. The Hall–Kier alpha value is -1.96. The first-order chi connectivity index (χ1) is 7.29. The second-order valence-electron chi connectivity index (χ2n) is 3.39. The number of carbonyl (C=O) groups is 1. The SMILES string of the molecule is Cc1cnccc1C(=O)c1ccccc1. The average molecular weight is 197 g/mol. The van der Waals surface area contributed by atoms with Crippen LogP contribution >= 0.6 is 0 Å². The number of hydrogen-bond acceptors (Lipinski definition) is 2. The van der Waals surface area contributed by atoms with Crippen LogP contribution in [0.25, 0.3) is 0 Å². The van der Waals surface area contributed by atoms with E-state index in [0.717, 1.165) is 11.1 Å². The number of aryl methyl sites for hydroxylation is 1. The first kappa shape index (κ1) is 9.59. The summed E-state index contributed by atoms with van der Waals surface area (Å²) in [5.74, 6) is 0.0514. The Bertz CT molecular complexity index is 477. The van der Waals surface area contributed by atoms with Crippen molar-refractivity contribution in [2.75, 3.05) is 0 Å². The Morgan fingerprint density at radius 2 is 1.87 bits per heavy atom. The number of hydrogen-bond donors (Lipinski definition) is 0. The van der Waals surface area contributed by atoms with Crippen molar-refractivity contribution in [1.82, 2.24) is 4.98 Å². The van der Waals surface area contributed by atoms with Crippen LogP contribution in [0.2, 0.25) is 0 Å². The third-order valence-corrected chi connectivity index (χ3v) is 2.30. The van der Waals surface area contributed by atoms with Crippen molar-refractivity contribution in [3.05, 3.63) is 65.5 Å². The molecule has 0 fully saturated rings. The standard InChI is InChI=1S/C13H11NO/c1-10-9-14-8-7-12(10)13(15)11-5-3-2-4-6-11/h2-9H,1H3. The van der Waals surface area contributed by atoms with Crippen LogP contribution in [0.1, 0.15) is 21.5 Å². The largest absolute Gasteiger partial charge is 0.289 e. The maximum atomic E-state index is 12.0. The second kappa shape index (κ2) is 4.05. The second-order valence-corrected chi connectivity index (χ2v) is 3.39. The minimum Gasteiger partial charge on any atom is -0.289 e. The average Bonchev–Trinajstić information content (AvgIpc) is 2.30. The number of carbonyl (C=O) groups excluding carboxylic acids is 1. The molecule has 0 spiro atoms. The van der Waals surface area contributed by atoms with Crippen molar-refractivity contribution < 1.29 is 4.79 Å². The summed E-state index contributed by atoms with van der Waals surface area (Å²) in [6, 6.07) is 11.0. The fourth-order valence-corrected chi connectivity index (χ4v) is 1.47. The van der Waals surface area contributed by atoms with E-state index in [-0.39, 0.29) is 5.78 Å². The number of ketones is 1. The highest BCUT2D eigenvalue weighted by atomic mass is 16.1. The highest BCUT2D eigenvalue weighted by Crippen LogP contribution is 2.12. The zero-order chi connectivity index (χ0) is 10.7. The third-order valence-electron chi connectivity index (χ3n) is 2.30. The monoisotopic (exact) mass is 197 g/mol. The van der Waals surface area contributed by atoms with E-state index in [1.54, 1.807) is 18.5 Å². The zero-order valence-electron chi connectivity index (χ0n) is 8.47. The molecule has 0 saturated carbocycles. The van der Waals surface area contributed by atoms with E-state index in [1.165, 1.54) is 0 Å². The van der Waals surface area contributed by atoms with Gasteiger partial charge in [-0.2, -0.15) is 0 Å². The van der Waals surface area contributed by atoms with Crippen LogP contribution in [0.15, 0.2) is 48.8 Å². The van der Waals surface area contributed by atoms with Gasteiger partial charge in [-0.05, 0) is 18.6 Å². The highest BCUT2D eigenvalue weighted by Gasteiger charge is 2.10. The molecule has 0 aliphatic rings. The van der Waals surface area contributed by atoms with Gasteiger partial charge in [0.2, 0.25) is 0 Å². The summed E-state index contributed by atoms with van der Waals surface area (Å²) in [5.41, 5.74) is 2.34.